The molecule has 37 heavy (non-hydrogen) atoms. The first-order valence-corrected chi connectivity index (χ1v) is 12.4. The molecule has 0 aliphatic rings. The number of methoxy groups -OCH3 is 1. The Morgan fingerprint density at radius 3 is 2.62 bits per heavy atom. The number of hydrogen-bond donors (Lipinski definition) is 0. The van der Waals surface area contributed by atoms with Crippen molar-refractivity contribution in [3.8, 4) is 11.5 Å². The SMILES string of the molecule is CC[C@@H](C)c1nc2ccc(Br)cc2c(=O)n1N=Cc1cc(OC)c(OCc2ccccc2)c([N+](=O)[O-])c1. The standard InChI is InChI=1S/C27H25BrN4O5/c1-4-17(2)26-30-22-11-10-20(28)14-21(22)27(33)31(26)29-15-19-12-23(32(34)35)25(24(13-19)36-3)37-16-18-8-6-5-7-9-18/h5-15,17H,4,16H2,1-3H3/t17-/m1/s1. The predicted molar refractivity (Wildman–Crippen MR) is 146 cm³/mol. The lowest BCUT2D eigenvalue weighted by atomic mass is 10.1. The molecule has 0 amide bonds. The smallest absolute Gasteiger partial charge is 0.315 e. The number of halogens is 1. The van der Waals surface area contributed by atoms with Gasteiger partial charge in [0.25, 0.3) is 5.56 Å². The molecule has 3 aromatic carbocycles. The molecule has 1 atom stereocenters. The van der Waals surface area contributed by atoms with Gasteiger partial charge >= 0.3 is 5.69 Å². The molecule has 1 aromatic heterocycles. The number of nitrogens with zero attached hydrogens (tertiary/aromatic N) is 4. The van der Waals surface area contributed by atoms with Gasteiger partial charge in [-0.25, -0.2) is 4.98 Å². The fraction of sp³-hybridized carbons (Fsp3) is 0.222. The number of nitro benzene ring substituents is 1. The second-order valence-electron chi connectivity index (χ2n) is 8.41. The third-order valence-electron chi connectivity index (χ3n) is 5.91. The van der Waals surface area contributed by atoms with Gasteiger partial charge in [-0.15, -0.1) is 0 Å². The third kappa shape index (κ3) is 5.69. The number of hydrogen-bond acceptors (Lipinski definition) is 7. The molecular formula is C27H25BrN4O5. The Kier molecular flexibility index (Phi) is 7.98. The highest BCUT2D eigenvalue weighted by Crippen LogP contribution is 2.38. The van der Waals surface area contributed by atoms with Crippen molar-refractivity contribution < 1.29 is 14.4 Å². The largest absolute Gasteiger partial charge is 0.493 e. The van der Waals surface area contributed by atoms with Crippen molar-refractivity contribution in [2.75, 3.05) is 7.11 Å². The first-order chi connectivity index (χ1) is 17.8. The maximum Gasteiger partial charge on any atom is 0.315 e. The van der Waals surface area contributed by atoms with Crippen LogP contribution in [0.1, 0.15) is 43.1 Å². The fourth-order valence-corrected chi connectivity index (χ4v) is 4.11. The van der Waals surface area contributed by atoms with Crippen LogP contribution in [0.5, 0.6) is 11.5 Å². The Hall–Kier alpha value is -4.05. The molecular weight excluding hydrogens is 540 g/mol. The van der Waals surface area contributed by atoms with Crippen LogP contribution in [0.15, 0.2) is 75.0 Å². The summed E-state index contributed by atoms with van der Waals surface area (Å²) in [6.07, 6.45) is 2.13. The summed E-state index contributed by atoms with van der Waals surface area (Å²) in [4.78, 5) is 29.4. The second kappa shape index (κ2) is 11.3. The van der Waals surface area contributed by atoms with Gasteiger partial charge in [-0.1, -0.05) is 60.1 Å². The maximum absolute atomic E-state index is 13.4. The molecule has 0 unspecified atom stereocenters. The second-order valence-corrected chi connectivity index (χ2v) is 9.32. The Balaban J connectivity index is 1.78. The lowest BCUT2D eigenvalue weighted by molar-refractivity contribution is -0.386. The van der Waals surface area contributed by atoms with Crippen molar-refractivity contribution in [1.29, 1.82) is 0 Å². The van der Waals surface area contributed by atoms with E-state index < -0.39 is 4.92 Å². The van der Waals surface area contributed by atoms with Crippen LogP contribution in [0.3, 0.4) is 0 Å². The Bertz CT molecular complexity index is 1540. The van der Waals surface area contributed by atoms with Gasteiger partial charge in [-0.2, -0.15) is 9.78 Å². The van der Waals surface area contributed by atoms with Crippen molar-refractivity contribution in [1.82, 2.24) is 9.66 Å². The van der Waals surface area contributed by atoms with Crippen LogP contribution in [0, 0.1) is 10.1 Å². The summed E-state index contributed by atoms with van der Waals surface area (Å²) in [5.41, 5.74) is 1.20. The average Bonchev–Trinajstić information content (AvgIpc) is 2.91. The molecule has 10 heteroatoms. The fourth-order valence-electron chi connectivity index (χ4n) is 3.75. The molecule has 0 aliphatic carbocycles. The molecule has 4 aromatic rings. The topological polar surface area (TPSA) is 109 Å². The molecule has 0 aliphatic heterocycles. The highest BCUT2D eigenvalue weighted by atomic mass is 79.9. The summed E-state index contributed by atoms with van der Waals surface area (Å²) in [6.45, 7) is 4.10. The zero-order valence-electron chi connectivity index (χ0n) is 20.6. The minimum atomic E-state index is -0.536. The van der Waals surface area contributed by atoms with E-state index in [9.17, 15) is 14.9 Å². The molecule has 0 saturated carbocycles. The number of rotatable bonds is 9. The molecule has 0 radical (unpaired) electrons. The molecule has 0 N–H and O–H groups in total. The first kappa shape index (κ1) is 26.0. The molecule has 9 nitrogen and oxygen atoms in total. The molecule has 0 fully saturated rings. The van der Waals surface area contributed by atoms with Crippen molar-refractivity contribution >= 4 is 38.7 Å². The molecule has 0 saturated heterocycles. The van der Waals surface area contributed by atoms with E-state index in [0.717, 1.165) is 16.5 Å². The minimum absolute atomic E-state index is 0.0168. The summed E-state index contributed by atoms with van der Waals surface area (Å²) in [6, 6.07) is 17.6. The van der Waals surface area contributed by atoms with E-state index in [-0.39, 0.29) is 35.3 Å². The van der Waals surface area contributed by atoms with E-state index in [0.29, 0.717) is 22.3 Å². The van der Waals surface area contributed by atoms with Crippen LogP contribution in [-0.4, -0.2) is 27.9 Å². The summed E-state index contributed by atoms with van der Waals surface area (Å²) >= 11 is 3.40. The van der Waals surface area contributed by atoms with E-state index in [4.69, 9.17) is 9.47 Å². The Morgan fingerprint density at radius 1 is 1.19 bits per heavy atom. The summed E-state index contributed by atoms with van der Waals surface area (Å²) in [7, 11) is 1.41. The van der Waals surface area contributed by atoms with Crippen LogP contribution >= 0.6 is 15.9 Å². The van der Waals surface area contributed by atoms with Gasteiger partial charge in [-0.05, 0) is 36.2 Å². The summed E-state index contributed by atoms with van der Waals surface area (Å²) < 4.78 is 13.2. The van der Waals surface area contributed by atoms with Gasteiger partial charge in [0.05, 0.1) is 29.2 Å². The van der Waals surface area contributed by atoms with Gasteiger partial charge in [0.1, 0.15) is 12.4 Å². The monoisotopic (exact) mass is 564 g/mol. The highest BCUT2D eigenvalue weighted by Gasteiger charge is 2.23. The van der Waals surface area contributed by atoms with Crippen molar-refractivity contribution in [2.45, 2.75) is 32.8 Å². The van der Waals surface area contributed by atoms with Gasteiger partial charge < -0.3 is 9.47 Å². The van der Waals surface area contributed by atoms with Crippen LogP contribution < -0.4 is 15.0 Å². The Labute approximate surface area is 221 Å². The summed E-state index contributed by atoms with van der Waals surface area (Å²) in [5.74, 6) is 0.656. The lowest BCUT2D eigenvalue weighted by Gasteiger charge is -2.14. The van der Waals surface area contributed by atoms with E-state index in [1.807, 2.05) is 50.2 Å². The van der Waals surface area contributed by atoms with E-state index in [2.05, 4.69) is 26.0 Å². The number of aromatic nitrogens is 2. The molecule has 190 valence electrons. The molecule has 4 rings (SSSR count). The van der Waals surface area contributed by atoms with E-state index >= 15 is 0 Å². The highest BCUT2D eigenvalue weighted by molar-refractivity contribution is 9.10. The van der Waals surface area contributed by atoms with Gasteiger partial charge in [-0.3, -0.25) is 14.9 Å². The number of fused-ring (bicyclic) bond motifs is 1. The van der Waals surface area contributed by atoms with Gasteiger partial charge in [0.2, 0.25) is 5.75 Å². The minimum Gasteiger partial charge on any atom is -0.493 e. The van der Waals surface area contributed by atoms with Gasteiger partial charge in [0, 0.05) is 22.0 Å². The van der Waals surface area contributed by atoms with Crippen LogP contribution in [0.2, 0.25) is 0 Å². The van der Waals surface area contributed by atoms with Crippen LogP contribution in [-0.2, 0) is 6.61 Å². The average molecular weight is 565 g/mol. The Morgan fingerprint density at radius 2 is 1.95 bits per heavy atom. The summed E-state index contributed by atoms with van der Waals surface area (Å²) in [5, 5.41) is 16.7. The van der Waals surface area contributed by atoms with Crippen molar-refractivity contribution in [2.24, 2.45) is 5.10 Å². The molecule has 1 heterocycles. The van der Waals surface area contributed by atoms with Crippen molar-refractivity contribution in [3.63, 3.8) is 0 Å². The zero-order valence-corrected chi connectivity index (χ0v) is 22.1. The quantitative estimate of drug-likeness (QED) is 0.139. The molecule has 0 bridgehead atoms. The first-order valence-electron chi connectivity index (χ1n) is 11.6. The third-order valence-corrected chi connectivity index (χ3v) is 6.40. The normalized spacial score (nSPS) is 12.1. The molecule has 0 spiro atoms. The number of ether oxygens (including phenoxy) is 2. The van der Waals surface area contributed by atoms with Crippen molar-refractivity contribution in [3.05, 3.63) is 103 Å². The van der Waals surface area contributed by atoms with E-state index in [1.165, 1.54) is 24.1 Å². The van der Waals surface area contributed by atoms with E-state index in [1.54, 1.807) is 18.2 Å². The lowest BCUT2D eigenvalue weighted by Crippen LogP contribution is -2.23. The zero-order chi connectivity index (χ0) is 26.5. The number of nitro groups is 1. The maximum atomic E-state index is 13.4. The number of benzene rings is 3. The van der Waals surface area contributed by atoms with Crippen LogP contribution in [0.25, 0.3) is 10.9 Å². The van der Waals surface area contributed by atoms with Crippen LogP contribution in [0.4, 0.5) is 5.69 Å². The predicted octanol–water partition coefficient (Wildman–Crippen LogP) is 6.05. The van der Waals surface area contributed by atoms with Gasteiger partial charge in [0.15, 0.2) is 5.75 Å².